The van der Waals surface area contributed by atoms with Crippen LogP contribution in [0.25, 0.3) is 0 Å². The molecule has 1 atom stereocenters. The van der Waals surface area contributed by atoms with Gasteiger partial charge in [0.2, 0.25) is 0 Å². The van der Waals surface area contributed by atoms with Crippen molar-refractivity contribution in [3.63, 3.8) is 0 Å². The van der Waals surface area contributed by atoms with Crippen LogP contribution in [0.1, 0.15) is 27.7 Å². The molecule has 0 aliphatic carbocycles. The molecule has 2 aromatic rings. The fraction of sp³-hybridized carbons (Fsp3) is 0.368. The zero-order chi connectivity index (χ0) is 16.2. The Morgan fingerprint density at radius 3 is 1.64 bits per heavy atom. The van der Waals surface area contributed by atoms with Gasteiger partial charge >= 0.3 is 0 Å². The highest BCUT2D eigenvalue weighted by Gasteiger charge is 2.50. The van der Waals surface area contributed by atoms with Crippen LogP contribution in [0.15, 0.2) is 60.7 Å². The molecule has 0 bridgehead atoms. The molecule has 0 saturated heterocycles. The molecule has 0 radical (unpaired) electrons. The molecule has 1 nitrogen and oxygen atoms in total. The summed E-state index contributed by atoms with van der Waals surface area (Å²) in [5.74, 6) is 0.504. The van der Waals surface area contributed by atoms with Crippen LogP contribution in [0.3, 0.4) is 0 Å². The topological polar surface area (TPSA) is 9.23 Å². The second-order valence-corrected chi connectivity index (χ2v) is 11.3. The smallest absolute Gasteiger partial charge is 0.261 e. The van der Waals surface area contributed by atoms with Gasteiger partial charge in [0.05, 0.1) is 6.10 Å². The van der Waals surface area contributed by atoms with E-state index >= 15 is 0 Å². The van der Waals surface area contributed by atoms with Crippen LogP contribution in [-0.4, -0.2) is 20.3 Å². The molecule has 22 heavy (non-hydrogen) atoms. The van der Waals surface area contributed by atoms with Gasteiger partial charge in [-0.25, -0.2) is 0 Å². The van der Waals surface area contributed by atoms with Crippen LogP contribution in [0.5, 0.6) is 0 Å². The van der Waals surface area contributed by atoms with Crippen LogP contribution in [0.4, 0.5) is 0 Å². The number of hydrogen-bond acceptors (Lipinski definition) is 1. The standard InChI is InChI=1S/C19H25ClOSi/c1-16(15-20)21-22(19(2,3)4,17-11-7-5-8-12-17)18-13-9-6-10-14-18/h5-14,16H,15H2,1-4H3/t16-/m0/s1. The third-order valence-corrected chi connectivity index (χ3v) is 9.61. The fourth-order valence-corrected chi connectivity index (χ4v) is 7.89. The van der Waals surface area contributed by atoms with E-state index in [0.717, 1.165) is 0 Å². The van der Waals surface area contributed by atoms with Crippen molar-refractivity contribution < 1.29 is 4.43 Å². The van der Waals surface area contributed by atoms with Gasteiger partial charge in [0.15, 0.2) is 0 Å². The molecule has 0 unspecified atom stereocenters. The summed E-state index contributed by atoms with van der Waals surface area (Å²) in [6.45, 7) is 8.90. The summed E-state index contributed by atoms with van der Waals surface area (Å²) < 4.78 is 6.73. The van der Waals surface area contributed by atoms with E-state index in [0.29, 0.717) is 5.88 Å². The molecule has 118 valence electrons. The van der Waals surface area contributed by atoms with Crippen molar-refractivity contribution in [1.29, 1.82) is 0 Å². The first kappa shape index (κ1) is 17.3. The van der Waals surface area contributed by atoms with Crippen LogP contribution >= 0.6 is 11.6 Å². The van der Waals surface area contributed by atoms with Crippen molar-refractivity contribution in [3.8, 4) is 0 Å². The van der Waals surface area contributed by atoms with Crippen molar-refractivity contribution in [1.82, 2.24) is 0 Å². The molecule has 0 aliphatic heterocycles. The lowest BCUT2D eigenvalue weighted by Crippen LogP contribution is -2.67. The number of benzene rings is 2. The summed E-state index contributed by atoms with van der Waals surface area (Å²) in [4.78, 5) is 0. The van der Waals surface area contributed by atoms with Gasteiger partial charge < -0.3 is 4.43 Å². The molecule has 0 fully saturated rings. The first-order valence-electron chi connectivity index (χ1n) is 7.76. The van der Waals surface area contributed by atoms with Crippen molar-refractivity contribution in [3.05, 3.63) is 60.7 Å². The third-order valence-electron chi connectivity index (χ3n) is 4.01. The fourth-order valence-electron chi connectivity index (χ4n) is 3.02. The molecule has 2 rings (SSSR count). The molecule has 0 aromatic heterocycles. The van der Waals surface area contributed by atoms with Gasteiger partial charge in [-0.05, 0) is 22.3 Å². The summed E-state index contributed by atoms with van der Waals surface area (Å²) in [6.07, 6.45) is 0.0213. The zero-order valence-corrected chi connectivity index (χ0v) is 15.6. The van der Waals surface area contributed by atoms with E-state index in [-0.39, 0.29) is 11.1 Å². The highest BCUT2D eigenvalue weighted by atomic mass is 35.5. The van der Waals surface area contributed by atoms with Gasteiger partial charge in [0.1, 0.15) is 0 Å². The van der Waals surface area contributed by atoms with Gasteiger partial charge in [-0.15, -0.1) is 11.6 Å². The van der Waals surface area contributed by atoms with E-state index in [2.05, 4.69) is 88.4 Å². The Kier molecular flexibility index (Phi) is 5.49. The summed E-state index contributed by atoms with van der Waals surface area (Å²) in [5, 5.41) is 2.60. The monoisotopic (exact) mass is 332 g/mol. The molecule has 0 spiro atoms. The summed E-state index contributed by atoms with van der Waals surface area (Å²) in [6, 6.07) is 21.3. The van der Waals surface area contributed by atoms with Crippen LogP contribution in [0.2, 0.25) is 5.04 Å². The molecule has 0 amide bonds. The van der Waals surface area contributed by atoms with Crippen LogP contribution < -0.4 is 10.4 Å². The lowest BCUT2D eigenvalue weighted by atomic mass is 10.2. The first-order valence-corrected chi connectivity index (χ1v) is 10.2. The van der Waals surface area contributed by atoms with Crippen molar-refractivity contribution >= 4 is 30.3 Å². The molecule has 3 heteroatoms. The highest BCUT2D eigenvalue weighted by Crippen LogP contribution is 2.37. The number of alkyl halides is 1. The maximum atomic E-state index is 6.73. The predicted octanol–water partition coefficient (Wildman–Crippen LogP) is 4.19. The average Bonchev–Trinajstić information content (AvgIpc) is 2.52. The molecule has 0 N–H and O–H groups in total. The van der Waals surface area contributed by atoms with E-state index in [9.17, 15) is 0 Å². The van der Waals surface area contributed by atoms with Crippen molar-refractivity contribution in [2.75, 3.05) is 5.88 Å². The predicted molar refractivity (Wildman–Crippen MR) is 98.9 cm³/mol. The first-order chi connectivity index (χ1) is 10.4. The normalized spacial score (nSPS) is 13.9. The minimum atomic E-state index is -2.42. The Balaban J connectivity index is 2.70. The minimum Gasteiger partial charge on any atom is -0.404 e. The largest absolute Gasteiger partial charge is 0.404 e. The highest BCUT2D eigenvalue weighted by molar-refractivity contribution is 6.99. The van der Waals surface area contributed by atoms with E-state index in [1.54, 1.807) is 0 Å². The summed E-state index contributed by atoms with van der Waals surface area (Å²) >= 11 is 6.08. The SMILES string of the molecule is C[C@@H](CCl)O[Si](c1ccccc1)(c1ccccc1)C(C)(C)C. The van der Waals surface area contributed by atoms with Gasteiger partial charge in [0.25, 0.3) is 8.32 Å². The zero-order valence-electron chi connectivity index (χ0n) is 13.8. The second kappa shape index (κ2) is 6.99. The van der Waals surface area contributed by atoms with Crippen molar-refractivity contribution in [2.45, 2.75) is 38.8 Å². The molecular weight excluding hydrogens is 308 g/mol. The van der Waals surface area contributed by atoms with Crippen LogP contribution in [-0.2, 0) is 4.43 Å². The average molecular weight is 333 g/mol. The van der Waals surface area contributed by atoms with Gasteiger partial charge in [0, 0.05) is 5.88 Å². The summed E-state index contributed by atoms with van der Waals surface area (Å²) in [7, 11) is -2.42. The Labute approximate surface area is 140 Å². The lowest BCUT2D eigenvalue weighted by molar-refractivity contribution is 0.229. The van der Waals surface area contributed by atoms with Gasteiger partial charge in [-0.3, -0.25) is 0 Å². The second-order valence-electron chi connectivity index (χ2n) is 6.75. The van der Waals surface area contributed by atoms with E-state index in [4.69, 9.17) is 16.0 Å². The quantitative estimate of drug-likeness (QED) is 0.589. The van der Waals surface area contributed by atoms with Gasteiger partial charge in [-0.1, -0.05) is 81.4 Å². The maximum absolute atomic E-state index is 6.73. The molecule has 0 saturated carbocycles. The van der Waals surface area contributed by atoms with Gasteiger partial charge in [-0.2, -0.15) is 0 Å². The number of halogens is 1. The third kappa shape index (κ3) is 3.29. The number of hydrogen-bond donors (Lipinski definition) is 0. The molecule has 0 aliphatic rings. The lowest BCUT2D eigenvalue weighted by Gasteiger charge is -2.44. The van der Waals surface area contributed by atoms with E-state index in [1.165, 1.54) is 10.4 Å². The Morgan fingerprint density at radius 1 is 0.909 bits per heavy atom. The number of rotatable bonds is 5. The Morgan fingerprint density at radius 2 is 1.32 bits per heavy atom. The minimum absolute atomic E-state index is 0.00995. The van der Waals surface area contributed by atoms with Crippen molar-refractivity contribution in [2.24, 2.45) is 0 Å². The Hall–Kier alpha value is -1.09. The maximum Gasteiger partial charge on any atom is 0.261 e. The van der Waals surface area contributed by atoms with E-state index in [1.807, 2.05) is 0 Å². The van der Waals surface area contributed by atoms with Crippen LogP contribution in [0, 0.1) is 0 Å². The molecular formula is C19H25ClOSi. The van der Waals surface area contributed by atoms with E-state index < -0.39 is 8.32 Å². The molecule has 0 heterocycles. The molecule has 2 aromatic carbocycles. The Bertz CT molecular complexity index is 538. The summed E-state index contributed by atoms with van der Waals surface area (Å²) in [5.41, 5.74) is 0.